The molecular weight excluding hydrogens is 202 g/mol. The monoisotopic (exact) mass is 215 g/mol. The molecule has 1 aromatic carbocycles. The van der Waals surface area contributed by atoms with E-state index in [0.717, 1.165) is 11.1 Å². The molecule has 2 aromatic rings. The van der Waals surface area contributed by atoms with Crippen LogP contribution in [-0.2, 0) is 6.54 Å². The number of benzene rings is 1. The quantitative estimate of drug-likeness (QED) is 0.804. The van der Waals surface area contributed by atoms with E-state index in [-0.39, 0.29) is 5.95 Å². The topological polar surface area (TPSA) is 82.8 Å². The van der Waals surface area contributed by atoms with E-state index in [1.807, 2.05) is 24.3 Å². The molecule has 0 spiro atoms. The Hall–Kier alpha value is -2.30. The van der Waals surface area contributed by atoms with Crippen LogP contribution in [0.3, 0.4) is 0 Å². The molecule has 5 heteroatoms. The fraction of sp³-hybridized carbons (Fsp3) is 0.0909. The third-order valence-electron chi connectivity index (χ3n) is 2.26. The zero-order valence-electron chi connectivity index (χ0n) is 8.80. The molecule has 0 bridgehead atoms. The van der Waals surface area contributed by atoms with Crippen molar-refractivity contribution < 1.29 is 0 Å². The summed E-state index contributed by atoms with van der Waals surface area (Å²) in [6.07, 6.45) is 1.80. The predicted molar refractivity (Wildman–Crippen MR) is 64.5 cm³/mol. The van der Waals surface area contributed by atoms with Crippen molar-refractivity contribution in [3.8, 4) is 0 Å². The molecule has 5 nitrogen and oxygen atoms in total. The third kappa shape index (κ3) is 2.03. The van der Waals surface area contributed by atoms with Gasteiger partial charge in [-0.25, -0.2) is 4.68 Å². The van der Waals surface area contributed by atoms with Crippen LogP contribution in [0.4, 0.5) is 11.9 Å². The Morgan fingerprint density at radius 2 is 1.94 bits per heavy atom. The Labute approximate surface area is 93.4 Å². The average Bonchev–Trinajstić information content (AvgIpc) is 2.59. The van der Waals surface area contributed by atoms with Crippen LogP contribution < -0.4 is 11.5 Å². The van der Waals surface area contributed by atoms with Crippen molar-refractivity contribution >= 4 is 18.0 Å². The second-order valence-electron chi connectivity index (χ2n) is 3.43. The van der Waals surface area contributed by atoms with Gasteiger partial charge in [-0.2, -0.15) is 4.98 Å². The van der Waals surface area contributed by atoms with Gasteiger partial charge in [0.1, 0.15) is 0 Å². The van der Waals surface area contributed by atoms with E-state index in [0.29, 0.717) is 12.5 Å². The van der Waals surface area contributed by atoms with E-state index in [2.05, 4.69) is 16.7 Å². The first-order valence-corrected chi connectivity index (χ1v) is 4.86. The highest BCUT2D eigenvalue weighted by Crippen LogP contribution is 2.09. The van der Waals surface area contributed by atoms with Gasteiger partial charge in [0.25, 0.3) is 0 Å². The van der Waals surface area contributed by atoms with Crippen molar-refractivity contribution in [2.24, 2.45) is 0 Å². The zero-order chi connectivity index (χ0) is 11.5. The largest absolute Gasteiger partial charge is 0.368 e. The van der Waals surface area contributed by atoms with Crippen LogP contribution in [0.15, 0.2) is 30.8 Å². The van der Waals surface area contributed by atoms with Crippen LogP contribution in [-0.4, -0.2) is 14.8 Å². The van der Waals surface area contributed by atoms with Crippen molar-refractivity contribution in [2.45, 2.75) is 6.54 Å². The molecule has 1 aromatic heterocycles. The van der Waals surface area contributed by atoms with Gasteiger partial charge in [0.15, 0.2) is 0 Å². The van der Waals surface area contributed by atoms with Gasteiger partial charge in [0.05, 0.1) is 6.54 Å². The molecule has 82 valence electrons. The van der Waals surface area contributed by atoms with E-state index in [9.17, 15) is 0 Å². The van der Waals surface area contributed by atoms with E-state index in [4.69, 9.17) is 11.5 Å². The first-order valence-electron chi connectivity index (χ1n) is 4.86. The fourth-order valence-electron chi connectivity index (χ4n) is 1.42. The maximum atomic E-state index is 5.64. The molecule has 4 N–H and O–H groups in total. The van der Waals surface area contributed by atoms with Crippen molar-refractivity contribution in [3.05, 3.63) is 42.0 Å². The van der Waals surface area contributed by atoms with Crippen LogP contribution in [0.25, 0.3) is 6.08 Å². The molecule has 0 fully saturated rings. The average molecular weight is 215 g/mol. The fourth-order valence-corrected chi connectivity index (χ4v) is 1.42. The second-order valence-corrected chi connectivity index (χ2v) is 3.43. The number of anilines is 2. The molecule has 0 aliphatic heterocycles. The van der Waals surface area contributed by atoms with Gasteiger partial charge in [-0.1, -0.05) is 36.9 Å². The lowest BCUT2D eigenvalue weighted by molar-refractivity contribution is 0.699. The second kappa shape index (κ2) is 4.06. The Balaban J connectivity index is 2.20. The van der Waals surface area contributed by atoms with Gasteiger partial charge in [-0.05, 0) is 11.1 Å². The van der Waals surface area contributed by atoms with Gasteiger partial charge < -0.3 is 11.5 Å². The molecule has 2 rings (SSSR count). The molecule has 0 saturated carbocycles. The molecule has 0 amide bonds. The van der Waals surface area contributed by atoms with E-state index < -0.39 is 0 Å². The summed E-state index contributed by atoms with van der Waals surface area (Å²) in [5.74, 6) is 0.519. The van der Waals surface area contributed by atoms with Crippen molar-refractivity contribution in [1.82, 2.24) is 14.8 Å². The smallest absolute Gasteiger partial charge is 0.241 e. The molecule has 0 atom stereocenters. The van der Waals surface area contributed by atoms with Crippen LogP contribution >= 0.6 is 0 Å². The summed E-state index contributed by atoms with van der Waals surface area (Å²) in [4.78, 5) is 3.83. The summed E-state index contributed by atoms with van der Waals surface area (Å²) in [6, 6.07) is 7.96. The van der Waals surface area contributed by atoms with Crippen molar-refractivity contribution in [2.75, 3.05) is 11.5 Å². The van der Waals surface area contributed by atoms with Gasteiger partial charge >= 0.3 is 0 Å². The molecule has 0 radical (unpaired) electrons. The molecule has 16 heavy (non-hydrogen) atoms. The Morgan fingerprint density at radius 1 is 1.25 bits per heavy atom. The van der Waals surface area contributed by atoms with Gasteiger partial charge in [-0.15, -0.1) is 5.10 Å². The Morgan fingerprint density at radius 3 is 2.44 bits per heavy atom. The Bertz CT molecular complexity index is 498. The maximum Gasteiger partial charge on any atom is 0.241 e. The highest BCUT2D eigenvalue weighted by molar-refractivity contribution is 5.47. The number of rotatable bonds is 3. The normalized spacial score (nSPS) is 10.2. The third-order valence-corrected chi connectivity index (χ3v) is 2.26. The maximum absolute atomic E-state index is 5.64. The van der Waals surface area contributed by atoms with E-state index in [1.54, 1.807) is 10.8 Å². The van der Waals surface area contributed by atoms with Gasteiger partial charge in [0, 0.05) is 0 Å². The molecule has 0 aliphatic carbocycles. The standard InChI is InChI=1S/C11H13N5/c1-2-8-3-5-9(6-4-8)7-16-11(13)14-10(12)15-16/h2-6H,1,7H2,(H4,12,13,14,15). The lowest BCUT2D eigenvalue weighted by atomic mass is 10.1. The van der Waals surface area contributed by atoms with Crippen LogP contribution in [0.1, 0.15) is 11.1 Å². The number of nitrogen functional groups attached to an aromatic ring is 2. The lowest BCUT2D eigenvalue weighted by Gasteiger charge is -2.03. The Kier molecular flexibility index (Phi) is 2.59. The first kappa shape index (κ1) is 10.2. The van der Waals surface area contributed by atoms with Crippen LogP contribution in [0.5, 0.6) is 0 Å². The van der Waals surface area contributed by atoms with Crippen LogP contribution in [0, 0.1) is 0 Å². The zero-order valence-corrected chi connectivity index (χ0v) is 8.80. The molecule has 0 aliphatic rings. The number of hydrogen-bond donors (Lipinski definition) is 2. The predicted octanol–water partition coefficient (Wildman–Crippen LogP) is 1.13. The number of nitrogens with two attached hydrogens (primary N) is 2. The highest BCUT2D eigenvalue weighted by Gasteiger charge is 2.04. The summed E-state index contributed by atoms with van der Waals surface area (Å²) in [7, 11) is 0. The van der Waals surface area contributed by atoms with Crippen LogP contribution in [0.2, 0.25) is 0 Å². The first-order chi connectivity index (χ1) is 7.69. The number of nitrogens with zero attached hydrogens (tertiary/aromatic N) is 3. The minimum atomic E-state index is 0.195. The summed E-state index contributed by atoms with van der Waals surface area (Å²) in [5.41, 5.74) is 13.2. The van der Waals surface area contributed by atoms with E-state index >= 15 is 0 Å². The lowest BCUT2D eigenvalue weighted by Crippen LogP contribution is -2.06. The van der Waals surface area contributed by atoms with E-state index in [1.165, 1.54) is 0 Å². The van der Waals surface area contributed by atoms with Gasteiger partial charge in [-0.3, -0.25) is 0 Å². The van der Waals surface area contributed by atoms with Gasteiger partial charge in [0.2, 0.25) is 11.9 Å². The van der Waals surface area contributed by atoms with Crippen molar-refractivity contribution in [3.63, 3.8) is 0 Å². The molecule has 1 heterocycles. The highest BCUT2D eigenvalue weighted by atomic mass is 15.4. The number of aromatic nitrogens is 3. The summed E-state index contributed by atoms with van der Waals surface area (Å²) in [5, 5.41) is 3.99. The summed E-state index contributed by atoms with van der Waals surface area (Å²) in [6.45, 7) is 4.26. The molecule has 0 unspecified atom stereocenters. The summed E-state index contributed by atoms with van der Waals surface area (Å²) < 4.78 is 1.57. The molecular formula is C11H13N5. The minimum absolute atomic E-state index is 0.195. The summed E-state index contributed by atoms with van der Waals surface area (Å²) >= 11 is 0. The molecule has 0 saturated heterocycles. The number of hydrogen-bond acceptors (Lipinski definition) is 4. The van der Waals surface area contributed by atoms with Crippen molar-refractivity contribution in [1.29, 1.82) is 0 Å². The SMILES string of the molecule is C=Cc1ccc(Cn2nc(N)nc2N)cc1. The minimum Gasteiger partial charge on any atom is -0.368 e.